The van der Waals surface area contributed by atoms with E-state index in [0.29, 0.717) is 24.4 Å². The molecule has 1 aromatic heterocycles. The van der Waals surface area contributed by atoms with Gasteiger partial charge >= 0.3 is 0 Å². The first-order valence-electron chi connectivity index (χ1n) is 9.32. The number of benzene rings is 1. The van der Waals surface area contributed by atoms with Crippen LogP contribution in [-0.4, -0.2) is 49.0 Å². The molecule has 8 heteroatoms. The third kappa shape index (κ3) is 5.90. The summed E-state index contributed by atoms with van der Waals surface area (Å²) in [5.74, 6) is -2.91. The summed E-state index contributed by atoms with van der Waals surface area (Å²) >= 11 is 6.21. The molecule has 0 saturated carbocycles. The van der Waals surface area contributed by atoms with Crippen LogP contribution in [0.15, 0.2) is 18.3 Å². The number of alkyl halides is 2. The van der Waals surface area contributed by atoms with Gasteiger partial charge in [0, 0.05) is 37.3 Å². The van der Waals surface area contributed by atoms with Crippen molar-refractivity contribution in [2.24, 2.45) is 0 Å². The zero-order chi connectivity index (χ0) is 20.7. The van der Waals surface area contributed by atoms with Gasteiger partial charge in [-0.15, -0.1) is 0 Å². The Kier molecular flexibility index (Phi) is 8.22. The predicted octanol–water partition coefficient (Wildman–Crippen LogP) is 5.10. The highest BCUT2D eigenvalue weighted by Crippen LogP contribution is 2.41. The zero-order valence-corrected chi connectivity index (χ0v) is 17.6. The average molecular weight is 416 g/mol. The lowest BCUT2D eigenvalue weighted by molar-refractivity contribution is 0.0173. The van der Waals surface area contributed by atoms with E-state index in [9.17, 15) is 8.78 Å². The molecule has 2 aromatic rings. The number of H-pyrrole nitrogens is 1. The standard InChI is InChI=1S/C20H28ClF2N3O2/c1-5-6-7-26(3)13-15-12-24-25-19(15)14-10-16(20(2,22)23)18(21)17(11-14)28-9-8-27-4/h10-12H,5-9,13H2,1-4H3,(H,24,25). The number of aromatic nitrogens is 2. The molecule has 0 aliphatic heterocycles. The maximum Gasteiger partial charge on any atom is 0.272 e. The van der Waals surface area contributed by atoms with Crippen LogP contribution in [0.3, 0.4) is 0 Å². The Morgan fingerprint density at radius 3 is 2.68 bits per heavy atom. The fourth-order valence-electron chi connectivity index (χ4n) is 2.88. The molecule has 0 aliphatic carbocycles. The minimum absolute atomic E-state index is 0.0894. The van der Waals surface area contributed by atoms with Crippen molar-refractivity contribution in [3.63, 3.8) is 0 Å². The maximum absolute atomic E-state index is 14.2. The van der Waals surface area contributed by atoms with Crippen LogP contribution in [0.25, 0.3) is 11.3 Å². The van der Waals surface area contributed by atoms with Crippen LogP contribution in [0.4, 0.5) is 8.78 Å². The topological polar surface area (TPSA) is 50.4 Å². The van der Waals surface area contributed by atoms with Gasteiger partial charge in [-0.2, -0.15) is 5.10 Å². The molecular formula is C20H28ClF2N3O2. The fourth-order valence-corrected chi connectivity index (χ4v) is 3.21. The van der Waals surface area contributed by atoms with Crippen molar-refractivity contribution in [2.45, 2.75) is 39.2 Å². The quantitative estimate of drug-likeness (QED) is 0.519. The Labute approximate surface area is 170 Å². The van der Waals surface area contributed by atoms with E-state index in [0.717, 1.165) is 31.9 Å². The van der Waals surface area contributed by atoms with E-state index in [1.54, 1.807) is 19.4 Å². The van der Waals surface area contributed by atoms with E-state index in [-0.39, 0.29) is 22.9 Å². The largest absolute Gasteiger partial charge is 0.490 e. The van der Waals surface area contributed by atoms with Crippen LogP contribution >= 0.6 is 11.6 Å². The Morgan fingerprint density at radius 2 is 2.04 bits per heavy atom. The second-order valence-electron chi connectivity index (χ2n) is 6.93. The first-order chi connectivity index (χ1) is 13.3. The minimum atomic E-state index is -3.11. The van der Waals surface area contributed by atoms with Crippen LogP contribution < -0.4 is 4.74 Å². The highest BCUT2D eigenvalue weighted by Gasteiger charge is 2.30. The summed E-state index contributed by atoms with van der Waals surface area (Å²) in [6, 6.07) is 3.06. The van der Waals surface area contributed by atoms with Gasteiger partial charge in [0.25, 0.3) is 5.92 Å². The first-order valence-corrected chi connectivity index (χ1v) is 9.70. The molecule has 5 nitrogen and oxygen atoms in total. The number of nitrogens with one attached hydrogen (secondary N) is 1. The molecule has 28 heavy (non-hydrogen) atoms. The number of hydrogen-bond donors (Lipinski definition) is 1. The number of hydrogen-bond acceptors (Lipinski definition) is 4. The van der Waals surface area contributed by atoms with Crippen molar-refractivity contribution in [1.29, 1.82) is 0 Å². The number of methoxy groups -OCH3 is 1. The van der Waals surface area contributed by atoms with Gasteiger partial charge in [-0.3, -0.25) is 5.10 Å². The molecule has 0 radical (unpaired) electrons. The summed E-state index contributed by atoms with van der Waals surface area (Å²) in [5.41, 5.74) is 1.89. The van der Waals surface area contributed by atoms with Gasteiger partial charge in [0.05, 0.1) is 23.5 Å². The highest BCUT2D eigenvalue weighted by molar-refractivity contribution is 6.33. The van der Waals surface area contributed by atoms with Gasteiger partial charge in [-0.05, 0) is 32.1 Å². The summed E-state index contributed by atoms with van der Waals surface area (Å²) in [6.45, 7) is 5.11. The van der Waals surface area contributed by atoms with Gasteiger partial charge in [0.2, 0.25) is 0 Å². The third-order valence-corrected chi connectivity index (χ3v) is 4.79. The van der Waals surface area contributed by atoms with E-state index in [2.05, 4.69) is 22.0 Å². The Hall–Kier alpha value is -1.70. The lowest BCUT2D eigenvalue weighted by atomic mass is 10.0. The van der Waals surface area contributed by atoms with E-state index in [1.165, 1.54) is 6.07 Å². The first kappa shape index (κ1) is 22.6. The van der Waals surface area contributed by atoms with Gasteiger partial charge in [-0.25, -0.2) is 8.78 Å². The fraction of sp³-hybridized carbons (Fsp3) is 0.550. The SMILES string of the molecule is CCCCN(C)Cc1cn[nH]c1-c1cc(OCCOC)c(Cl)c(C(C)(F)F)c1. The number of aromatic amines is 1. The monoisotopic (exact) mass is 415 g/mol. The molecule has 0 saturated heterocycles. The van der Waals surface area contributed by atoms with Crippen molar-refractivity contribution in [3.8, 4) is 17.0 Å². The molecule has 0 fully saturated rings. The van der Waals surface area contributed by atoms with Crippen LogP contribution in [0.5, 0.6) is 5.75 Å². The van der Waals surface area contributed by atoms with Gasteiger partial charge in [0.1, 0.15) is 12.4 Å². The molecule has 156 valence electrons. The van der Waals surface area contributed by atoms with Crippen molar-refractivity contribution in [1.82, 2.24) is 15.1 Å². The molecule has 0 atom stereocenters. The van der Waals surface area contributed by atoms with E-state index in [4.69, 9.17) is 21.1 Å². The number of ether oxygens (including phenoxy) is 2. The Morgan fingerprint density at radius 1 is 1.29 bits per heavy atom. The summed E-state index contributed by atoms with van der Waals surface area (Å²) in [5, 5.41) is 6.96. The van der Waals surface area contributed by atoms with Crippen LogP contribution in [-0.2, 0) is 17.2 Å². The van der Waals surface area contributed by atoms with Gasteiger partial charge < -0.3 is 14.4 Å². The molecule has 0 aliphatic rings. The molecule has 0 bridgehead atoms. The highest BCUT2D eigenvalue weighted by atomic mass is 35.5. The van der Waals surface area contributed by atoms with E-state index in [1.807, 2.05) is 7.05 Å². The molecule has 2 rings (SSSR count). The van der Waals surface area contributed by atoms with Crippen molar-refractivity contribution in [3.05, 3.63) is 34.5 Å². The molecule has 0 amide bonds. The minimum Gasteiger partial charge on any atom is -0.490 e. The van der Waals surface area contributed by atoms with Crippen molar-refractivity contribution < 1.29 is 18.3 Å². The average Bonchev–Trinajstić information content (AvgIpc) is 3.08. The Bertz CT molecular complexity index is 762. The molecule has 1 aromatic carbocycles. The van der Waals surface area contributed by atoms with E-state index < -0.39 is 5.92 Å². The van der Waals surface area contributed by atoms with Crippen LogP contribution in [0.1, 0.15) is 37.8 Å². The van der Waals surface area contributed by atoms with Gasteiger partial charge in [-0.1, -0.05) is 24.9 Å². The summed E-state index contributed by atoms with van der Waals surface area (Å²) < 4.78 is 38.9. The molecule has 1 heterocycles. The number of nitrogens with zero attached hydrogens (tertiary/aromatic N) is 2. The second-order valence-corrected chi connectivity index (χ2v) is 7.31. The van der Waals surface area contributed by atoms with Crippen molar-refractivity contribution >= 4 is 11.6 Å². The summed E-state index contributed by atoms with van der Waals surface area (Å²) in [4.78, 5) is 2.18. The lowest BCUT2D eigenvalue weighted by Gasteiger charge is -2.19. The summed E-state index contributed by atoms with van der Waals surface area (Å²) in [7, 11) is 3.57. The third-order valence-electron chi connectivity index (χ3n) is 4.40. The number of rotatable bonds is 11. The molecule has 0 unspecified atom stereocenters. The molecule has 0 spiro atoms. The smallest absolute Gasteiger partial charge is 0.272 e. The zero-order valence-electron chi connectivity index (χ0n) is 16.8. The summed E-state index contributed by atoms with van der Waals surface area (Å²) in [6.07, 6.45) is 3.92. The van der Waals surface area contributed by atoms with E-state index >= 15 is 0 Å². The van der Waals surface area contributed by atoms with Crippen molar-refractivity contribution in [2.75, 3.05) is 33.9 Å². The number of halogens is 3. The normalized spacial score (nSPS) is 12.0. The predicted molar refractivity (Wildman–Crippen MR) is 107 cm³/mol. The maximum atomic E-state index is 14.2. The number of unbranched alkanes of at least 4 members (excludes halogenated alkanes) is 1. The molecular weight excluding hydrogens is 388 g/mol. The molecule has 1 N–H and O–H groups in total. The van der Waals surface area contributed by atoms with Gasteiger partial charge in [0.15, 0.2) is 0 Å². The lowest BCUT2D eigenvalue weighted by Crippen LogP contribution is -2.19. The van der Waals surface area contributed by atoms with Crippen LogP contribution in [0.2, 0.25) is 5.02 Å². The Balaban J connectivity index is 2.40. The second kappa shape index (κ2) is 10.2. The van der Waals surface area contributed by atoms with Crippen LogP contribution in [0, 0.1) is 0 Å².